The Kier molecular flexibility index (Phi) is 7.53. The molecule has 0 radical (unpaired) electrons. The third-order valence-corrected chi connectivity index (χ3v) is 4.57. The maximum Gasteiger partial charge on any atom is 0.338 e. The van der Waals surface area contributed by atoms with Gasteiger partial charge in [-0.05, 0) is 65.0 Å². The average molecular weight is 450 g/mol. The molecule has 0 N–H and O–H groups in total. The first kappa shape index (κ1) is 24.0. The summed E-state index contributed by atoms with van der Waals surface area (Å²) in [5.74, 6) is 0.923. The Labute approximate surface area is 195 Å². The summed E-state index contributed by atoms with van der Waals surface area (Å²) < 4.78 is 17.0. The Bertz CT molecular complexity index is 1080. The number of anilines is 2. The summed E-state index contributed by atoms with van der Waals surface area (Å²) in [7, 11) is 1.62. The number of hydrogen-bond acceptors (Lipinski definition) is 7. The summed E-state index contributed by atoms with van der Waals surface area (Å²) in [5, 5.41) is 0. The van der Waals surface area contributed by atoms with Crippen LogP contribution in [0.5, 0.6) is 11.5 Å². The van der Waals surface area contributed by atoms with Gasteiger partial charge in [0, 0.05) is 35.4 Å². The van der Waals surface area contributed by atoms with E-state index in [2.05, 4.69) is 14.9 Å². The van der Waals surface area contributed by atoms with E-state index in [1.807, 2.05) is 71.0 Å². The van der Waals surface area contributed by atoms with Gasteiger partial charge in [0.1, 0.15) is 11.9 Å². The zero-order valence-electron chi connectivity index (χ0n) is 20.0. The lowest BCUT2D eigenvalue weighted by Crippen LogP contribution is -2.24. The molecular weight excluding hydrogens is 418 g/mol. The first-order valence-corrected chi connectivity index (χ1v) is 10.9. The summed E-state index contributed by atoms with van der Waals surface area (Å²) in [6.45, 7) is 9.98. The number of carbonyl (C=O) groups is 1. The van der Waals surface area contributed by atoms with Gasteiger partial charge >= 0.3 is 5.97 Å². The van der Waals surface area contributed by atoms with E-state index in [1.165, 1.54) is 6.33 Å². The molecule has 7 heteroatoms. The Morgan fingerprint density at radius 3 is 2.33 bits per heavy atom. The second kappa shape index (κ2) is 10.3. The van der Waals surface area contributed by atoms with Crippen LogP contribution in [0.1, 0.15) is 50.5 Å². The van der Waals surface area contributed by atoms with E-state index in [0.29, 0.717) is 23.6 Å². The van der Waals surface area contributed by atoms with Gasteiger partial charge in [-0.15, -0.1) is 0 Å². The quantitative estimate of drug-likeness (QED) is 0.416. The minimum atomic E-state index is -0.576. The van der Waals surface area contributed by atoms with Crippen LogP contribution in [0, 0.1) is 0 Å². The summed E-state index contributed by atoms with van der Waals surface area (Å²) in [4.78, 5) is 23.0. The van der Waals surface area contributed by atoms with E-state index in [1.54, 1.807) is 25.6 Å². The first-order valence-electron chi connectivity index (χ1n) is 10.9. The summed E-state index contributed by atoms with van der Waals surface area (Å²) in [6, 6.07) is 13.1. The molecule has 3 rings (SSSR count). The average Bonchev–Trinajstić information content (AvgIpc) is 2.77. The highest BCUT2D eigenvalue weighted by Crippen LogP contribution is 2.36. The molecule has 0 aliphatic carbocycles. The van der Waals surface area contributed by atoms with Gasteiger partial charge < -0.3 is 19.1 Å². The number of hydrogen-bond donors (Lipinski definition) is 0. The molecule has 0 aliphatic heterocycles. The second-order valence-corrected chi connectivity index (χ2v) is 8.89. The first-order chi connectivity index (χ1) is 15.7. The molecule has 33 heavy (non-hydrogen) atoms. The number of ether oxygens (including phenoxy) is 3. The fourth-order valence-corrected chi connectivity index (χ4v) is 3.24. The zero-order valence-corrected chi connectivity index (χ0v) is 20.0. The van der Waals surface area contributed by atoms with Crippen LogP contribution in [0.15, 0.2) is 61.2 Å². The maximum atomic E-state index is 12.7. The Morgan fingerprint density at radius 2 is 1.70 bits per heavy atom. The molecule has 0 aliphatic rings. The Balaban J connectivity index is 2.05. The van der Waals surface area contributed by atoms with Crippen LogP contribution in [-0.2, 0) is 11.3 Å². The van der Waals surface area contributed by atoms with E-state index in [-0.39, 0.29) is 12.1 Å². The van der Waals surface area contributed by atoms with Crippen LogP contribution in [0.2, 0.25) is 0 Å². The number of aromatic nitrogens is 2. The normalized spacial score (nSPS) is 11.2. The fraction of sp³-hybridized carbons (Fsp3) is 0.346. The van der Waals surface area contributed by atoms with E-state index < -0.39 is 5.60 Å². The van der Waals surface area contributed by atoms with Gasteiger partial charge in [-0.25, -0.2) is 14.8 Å². The number of rotatable bonds is 8. The number of nitrogens with zero attached hydrogens (tertiary/aromatic N) is 3. The third kappa shape index (κ3) is 6.68. The number of benzene rings is 2. The molecule has 174 valence electrons. The van der Waals surface area contributed by atoms with Crippen molar-refractivity contribution in [1.29, 1.82) is 0 Å². The van der Waals surface area contributed by atoms with Gasteiger partial charge in [-0.2, -0.15) is 0 Å². The highest BCUT2D eigenvalue weighted by atomic mass is 16.6. The van der Waals surface area contributed by atoms with Crippen LogP contribution in [0.25, 0.3) is 0 Å². The minimum Gasteiger partial charge on any atom is -0.493 e. The van der Waals surface area contributed by atoms with Crippen molar-refractivity contribution in [3.8, 4) is 11.5 Å². The molecule has 0 unspecified atom stereocenters. The van der Waals surface area contributed by atoms with Gasteiger partial charge in [0.05, 0.1) is 25.3 Å². The number of esters is 1. The van der Waals surface area contributed by atoms with Gasteiger partial charge in [0.25, 0.3) is 0 Å². The summed E-state index contributed by atoms with van der Waals surface area (Å²) >= 11 is 0. The highest BCUT2D eigenvalue weighted by Gasteiger charge is 2.20. The smallest absolute Gasteiger partial charge is 0.338 e. The molecule has 0 bridgehead atoms. The molecule has 7 nitrogen and oxygen atoms in total. The van der Waals surface area contributed by atoms with Crippen molar-refractivity contribution in [2.45, 2.75) is 52.9 Å². The molecule has 2 aromatic carbocycles. The van der Waals surface area contributed by atoms with Crippen molar-refractivity contribution >= 4 is 17.3 Å². The maximum absolute atomic E-state index is 12.7. The topological polar surface area (TPSA) is 73.8 Å². The van der Waals surface area contributed by atoms with Crippen LogP contribution >= 0.6 is 0 Å². The monoisotopic (exact) mass is 449 g/mol. The van der Waals surface area contributed by atoms with Crippen molar-refractivity contribution in [2.75, 3.05) is 12.0 Å². The fourth-order valence-electron chi connectivity index (χ4n) is 3.24. The SMILES string of the molecule is COc1ccc(N(Cc2cncnc2)c2cccc(C(=O)OC(C)(C)C)c2)cc1OC(C)C. The van der Waals surface area contributed by atoms with Gasteiger partial charge in [0.15, 0.2) is 11.5 Å². The molecule has 3 aromatic rings. The van der Waals surface area contributed by atoms with Crippen LogP contribution in [0.3, 0.4) is 0 Å². The predicted molar refractivity (Wildman–Crippen MR) is 128 cm³/mol. The van der Waals surface area contributed by atoms with E-state index in [4.69, 9.17) is 14.2 Å². The molecule has 0 spiro atoms. The minimum absolute atomic E-state index is 0.0133. The van der Waals surface area contributed by atoms with E-state index >= 15 is 0 Å². The summed E-state index contributed by atoms with van der Waals surface area (Å²) in [5.41, 5.74) is 2.51. The molecule has 0 fully saturated rings. The lowest BCUT2D eigenvalue weighted by molar-refractivity contribution is 0.00695. The molecule has 0 atom stereocenters. The number of methoxy groups -OCH3 is 1. The molecule has 0 amide bonds. The van der Waals surface area contributed by atoms with E-state index in [9.17, 15) is 4.79 Å². The molecule has 1 aromatic heterocycles. The van der Waals surface area contributed by atoms with Crippen LogP contribution < -0.4 is 14.4 Å². The molecule has 0 saturated carbocycles. The lowest BCUT2D eigenvalue weighted by Gasteiger charge is -2.27. The summed E-state index contributed by atoms with van der Waals surface area (Å²) in [6.07, 6.45) is 5.03. The van der Waals surface area contributed by atoms with Crippen LogP contribution in [0.4, 0.5) is 11.4 Å². The van der Waals surface area contributed by atoms with Crippen molar-refractivity contribution in [3.63, 3.8) is 0 Å². The third-order valence-electron chi connectivity index (χ3n) is 4.57. The van der Waals surface area contributed by atoms with Crippen molar-refractivity contribution < 1.29 is 19.0 Å². The van der Waals surface area contributed by atoms with E-state index in [0.717, 1.165) is 16.9 Å². The predicted octanol–water partition coefficient (Wildman–Crippen LogP) is 5.57. The second-order valence-electron chi connectivity index (χ2n) is 8.89. The van der Waals surface area contributed by atoms with Gasteiger partial charge in [0.2, 0.25) is 0 Å². The molecule has 0 saturated heterocycles. The van der Waals surface area contributed by atoms with Crippen molar-refractivity contribution in [3.05, 3.63) is 72.3 Å². The standard InChI is InChI=1S/C26H31N3O4/c1-18(2)32-24-13-22(10-11-23(24)31-6)29(16-19-14-27-17-28-15-19)21-9-7-8-20(12-21)25(30)33-26(3,4)5/h7-15,17-18H,16H2,1-6H3. The zero-order chi connectivity index (χ0) is 24.0. The van der Waals surface area contributed by atoms with Crippen molar-refractivity contribution in [2.24, 2.45) is 0 Å². The molecule has 1 heterocycles. The lowest BCUT2D eigenvalue weighted by atomic mass is 10.1. The van der Waals surface area contributed by atoms with Gasteiger partial charge in [-0.3, -0.25) is 0 Å². The van der Waals surface area contributed by atoms with Crippen molar-refractivity contribution in [1.82, 2.24) is 9.97 Å². The van der Waals surface area contributed by atoms with Crippen LogP contribution in [-0.4, -0.2) is 34.8 Å². The molecular formula is C26H31N3O4. The van der Waals surface area contributed by atoms with Gasteiger partial charge in [-0.1, -0.05) is 6.07 Å². The Morgan fingerprint density at radius 1 is 1.00 bits per heavy atom. The highest BCUT2D eigenvalue weighted by molar-refractivity contribution is 5.91. The Hall–Kier alpha value is -3.61. The number of carbonyl (C=O) groups excluding carboxylic acids is 1. The largest absolute Gasteiger partial charge is 0.493 e.